The standard InChI is InChI=1S/C29H49NO6/c1-3-5-6-7-8-9-10-11-12-13-14-15-16-17-18-19-20-21-25(31)30-22-23-35-29-28(34)27(33)26(32)24(4-2)36-29/h8-9,11-12,14-15,17-18,24,26-29,32-34H,3-7,10,13,16,19-23H2,1-2H3,(H,30,31)/b9-8-,12-11-,15-14-,18-17-/t24-,26-,27+,28-,29-/m1/s1. The maximum Gasteiger partial charge on any atom is 0.220 e. The summed E-state index contributed by atoms with van der Waals surface area (Å²) < 4.78 is 10.9. The first-order valence-electron chi connectivity index (χ1n) is 13.7. The summed E-state index contributed by atoms with van der Waals surface area (Å²) in [7, 11) is 0. The molecule has 0 aromatic carbocycles. The van der Waals surface area contributed by atoms with Gasteiger partial charge >= 0.3 is 0 Å². The van der Waals surface area contributed by atoms with Crippen LogP contribution < -0.4 is 5.32 Å². The van der Waals surface area contributed by atoms with Gasteiger partial charge in [0.05, 0.1) is 12.7 Å². The van der Waals surface area contributed by atoms with Crippen LogP contribution in [0.3, 0.4) is 0 Å². The number of allylic oxidation sites excluding steroid dienone is 8. The minimum Gasteiger partial charge on any atom is -0.388 e. The summed E-state index contributed by atoms with van der Waals surface area (Å²) in [5.41, 5.74) is 0. The summed E-state index contributed by atoms with van der Waals surface area (Å²) in [5, 5.41) is 32.5. The molecule has 1 heterocycles. The van der Waals surface area contributed by atoms with Crippen LogP contribution in [0.25, 0.3) is 0 Å². The number of ether oxygens (including phenoxy) is 2. The maximum absolute atomic E-state index is 11.9. The summed E-state index contributed by atoms with van der Waals surface area (Å²) in [4.78, 5) is 11.9. The molecule has 0 spiro atoms. The molecular weight excluding hydrogens is 458 g/mol. The van der Waals surface area contributed by atoms with Crippen molar-refractivity contribution in [3.8, 4) is 0 Å². The van der Waals surface area contributed by atoms with Gasteiger partial charge in [-0.05, 0) is 51.4 Å². The van der Waals surface area contributed by atoms with E-state index in [-0.39, 0.29) is 19.1 Å². The Morgan fingerprint density at radius 1 is 0.806 bits per heavy atom. The number of amides is 1. The van der Waals surface area contributed by atoms with E-state index in [2.05, 4.69) is 60.8 Å². The van der Waals surface area contributed by atoms with Crippen LogP contribution in [-0.2, 0) is 14.3 Å². The number of unbranched alkanes of at least 4 members (excludes halogenated alkanes) is 4. The van der Waals surface area contributed by atoms with Gasteiger partial charge in [0.25, 0.3) is 0 Å². The molecule has 7 nitrogen and oxygen atoms in total. The van der Waals surface area contributed by atoms with E-state index >= 15 is 0 Å². The van der Waals surface area contributed by atoms with Gasteiger partial charge in [-0.2, -0.15) is 0 Å². The zero-order valence-corrected chi connectivity index (χ0v) is 22.3. The Bertz CT molecular complexity index is 673. The highest BCUT2D eigenvalue weighted by Gasteiger charge is 2.43. The second-order valence-electron chi connectivity index (χ2n) is 9.12. The number of nitrogens with one attached hydrogen (secondary N) is 1. The normalized spacial score (nSPS) is 25.1. The zero-order chi connectivity index (χ0) is 26.4. The second-order valence-corrected chi connectivity index (χ2v) is 9.12. The predicted octanol–water partition coefficient (Wildman–Crippen LogP) is 4.48. The van der Waals surface area contributed by atoms with Crippen molar-refractivity contribution in [1.82, 2.24) is 5.32 Å². The number of aliphatic hydroxyl groups is 3. The van der Waals surface area contributed by atoms with Gasteiger partial charge in [-0.25, -0.2) is 0 Å². The Hall–Kier alpha value is -1.77. The summed E-state index contributed by atoms with van der Waals surface area (Å²) >= 11 is 0. The lowest BCUT2D eigenvalue weighted by Crippen LogP contribution is -2.58. The minimum atomic E-state index is -1.33. The van der Waals surface area contributed by atoms with E-state index in [1.165, 1.54) is 25.7 Å². The molecule has 206 valence electrons. The van der Waals surface area contributed by atoms with Crippen molar-refractivity contribution in [2.24, 2.45) is 0 Å². The molecule has 0 saturated carbocycles. The van der Waals surface area contributed by atoms with E-state index in [0.29, 0.717) is 12.8 Å². The molecule has 0 radical (unpaired) electrons. The molecule has 1 fully saturated rings. The Morgan fingerprint density at radius 2 is 1.39 bits per heavy atom. The highest BCUT2D eigenvalue weighted by molar-refractivity contribution is 5.75. The Labute approximate surface area is 218 Å². The molecule has 0 unspecified atom stereocenters. The average Bonchev–Trinajstić information content (AvgIpc) is 2.88. The van der Waals surface area contributed by atoms with Gasteiger partial charge in [0, 0.05) is 13.0 Å². The van der Waals surface area contributed by atoms with Crippen molar-refractivity contribution in [2.45, 2.75) is 115 Å². The fourth-order valence-corrected chi connectivity index (χ4v) is 3.79. The second kappa shape index (κ2) is 21.3. The lowest BCUT2D eigenvalue weighted by atomic mass is 9.97. The first-order chi connectivity index (χ1) is 17.5. The van der Waals surface area contributed by atoms with Crippen LogP contribution in [0.4, 0.5) is 0 Å². The molecule has 5 atom stereocenters. The number of aliphatic hydroxyl groups excluding tert-OH is 3. The van der Waals surface area contributed by atoms with E-state index in [1.54, 1.807) is 0 Å². The Balaban J connectivity index is 2.01. The fraction of sp³-hybridized carbons (Fsp3) is 0.690. The molecule has 0 bridgehead atoms. The van der Waals surface area contributed by atoms with Crippen LogP contribution >= 0.6 is 0 Å². The summed E-state index contributed by atoms with van der Waals surface area (Å²) in [5.74, 6) is -0.0542. The van der Waals surface area contributed by atoms with Crippen molar-refractivity contribution in [3.05, 3.63) is 48.6 Å². The Kier molecular flexibility index (Phi) is 19.1. The number of carbonyl (C=O) groups excluding carboxylic acids is 1. The third-order valence-electron chi connectivity index (χ3n) is 6.01. The predicted molar refractivity (Wildman–Crippen MR) is 144 cm³/mol. The van der Waals surface area contributed by atoms with E-state index in [0.717, 1.165) is 32.1 Å². The highest BCUT2D eigenvalue weighted by Crippen LogP contribution is 2.23. The third-order valence-corrected chi connectivity index (χ3v) is 6.01. The van der Waals surface area contributed by atoms with Gasteiger partial charge in [-0.1, -0.05) is 75.3 Å². The molecule has 36 heavy (non-hydrogen) atoms. The van der Waals surface area contributed by atoms with Gasteiger partial charge in [0.15, 0.2) is 6.29 Å². The van der Waals surface area contributed by atoms with E-state index in [9.17, 15) is 20.1 Å². The monoisotopic (exact) mass is 507 g/mol. The molecular formula is C29H49NO6. The average molecular weight is 508 g/mol. The number of carbonyl (C=O) groups is 1. The van der Waals surface area contributed by atoms with Crippen LogP contribution in [-0.4, -0.2) is 65.1 Å². The molecule has 0 aromatic heterocycles. The molecule has 1 amide bonds. The van der Waals surface area contributed by atoms with E-state index < -0.39 is 30.7 Å². The largest absolute Gasteiger partial charge is 0.388 e. The molecule has 0 aliphatic carbocycles. The molecule has 1 rings (SSSR count). The van der Waals surface area contributed by atoms with Gasteiger partial charge in [-0.3, -0.25) is 4.79 Å². The third kappa shape index (κ3) is 14.7. The van der Waals surface area contributed by atoms with Gasteiger partial charge in [-0.15, -0.1) is 0 Å². The van der Waals surface area contributed by atoms with Gasteiger partial charge in [0.2, 0.25) is 5.91 Å². The van der Waals surface area contributed by atoms with E-state index in [1.807, 2.05) is 6.92 Å². The molecule has 1 aliphatic heterocycles. The fourth-order valence-electron chi connectivity index (χ4n) is 3.79. The summed E-state index contributed by atoms with van der Waals surface area (Å²) in [6.45, 7) is 4.47. The van der Waals surface area contributed by atoms with Crippen molar-refractivity contribution >= 4 is 5.91 Å². The molecule has 7 heteroatoms. The van der Waals surface area contributed by atoms with Crippen molar-refractivity contribution in [1.29, 1.82) is 0 Å². The van der Waals surface area contributed by atoms with Crippen LogP contribution in [0.2, 0.25) is 0 Å². The highest BCUT2D eigenvalue weighted by atomic mass is 16.7. The molecule has 1 saturated heterocycles. The lowest BCUT2D eigenvalue weighted by molar-refractivity contribution is -0.296. The summed E-state index contributed by atoms with van der Waals surface area (Å²) in [6.07, 6.45) is 22.5. The topological polar surface area (TPSA) is 108 Å². The smallest absolute Gasteiger partial charge is 0.220 e. The van der Waals surface area contributed by atoms with Crippen LogP contribution in [0.1, 0.15) is 84.5 Å². The van der Waals surface area contributed by atoms with Crippen LogP contribution in [0.15, 0.2) is 48.6 Å². The van der Waals surface area contributed by atoms with E-state index in [4.69, 9.17) is 9.47 Å². The number of hydrogen-bond donors (Lipinski definition) is 4. The molecule has 0 aromatic rings. The maximum atomic E-state index is 11.9. The quantitative estimate of drug-likeness (QED) is 0.152. The SMILES string of the molecule is CCCCC/C=C\C/C=C\C/C=C\C/C=C\CCCC(=O)NCCO[C@@H]1O[C@H](CC)[C@@H](O)[C@H](O)[C@H]1O. The first kappa shape index (κ1) is 32.3. The molecule has 1 aliphatic rings. The van der Waals surface area contributed by atoms with Gasteiger partial charge in [0.1, 0.15) is 18.3 Å². The Morgan fingerprint density at radius 3 is 1.97 bits per heavy atom. The summed E-state index contributed by atoms with van der Waals surface area (Å²) in [6, 6.07) is 0. The molecule has 4 N–H and O–H groups in total. The van der Waals surface area contributed by atoms with Crippen LogP contribution in [0.5, 0.6) is 0 Å². The van der Waals surface area contributed by atoms with Crippen molar-refractivity contribution < 1.29 is 29.6 Å². The zero-order valence-electron chi connectivity index (χ0n) is 22.3. The number of hydrogen-bond acceptors (Lipinski definition) is 6. The van der Waals surface area contributed by atoms with Crippen molar-refractivity contribution in [2.75, 3.05) is 13.2 Å². The van der Waals surface area contributed by atoms with Crippen LogP contribution in [0, 0.1) is 0 Å². The van der Waals surface area contributed by atoms with Crippen molar-refractivity contribution in [3.63, 3.8) is 0 Å². The number of rotatable bonds is 19. The minimum absolute atomic E-state index is 0.0542. The van der Waals surface area contributed by atoms with Gasteiger partial charge < -0.3 is 30.1 Å². The lowest BCUT2D eigenvalue weighted by Gasteiger charge is -2.40. The first-order valence-corrected chi connectivity index (χ1v) is 13.7.